The van der Waals surface area contributed by atoms with Gasteiger partial charge in [0.2, 0.25) is 0 Å². The zero-order valence-electron chi connectivity index (χ0n) is 19.2. The number of halogens is 2. The number of rotatable bonds is 7. The summed E-state index contributed by atoms with van der Waals surface area (Å²) in [6.07, 6.45) is 0. The van der Waals surface area contributed by atoms with E-state index in [9.17, 15) is 14.4 Å². The van der Waals surface area contributed by atoms with Crippen LogP contribution in [-0.2, 0) is 22.7 Å². The van der Waals surface area contributed by atoms with Crippen molar-refractivity contribution in [3.63, 3.8) is 0 Å². The number of benzene rings is 3. The molecule has 1 aliphatic rings. The van der Waals surface area contributed by atoms with E-state index in [1.807, 2.05) is 32.0 Å². The Hall–Kier alpha value is -3.61. The summed E-state index contributed by atoms with van der Waals surface area (Å²) >= 11 is 12.1. The molecule has 0 aromatic heterocycles. The highest BCUT2D eigenvalue weighted by molar-refractivity contribution is 6.47. The maximum absolute atomic E-state index is 12.8. The maximum Gasteiger partial charge on any atom is 0.278 e. The van der Waals surface area contributed by atoms with Crippen molar-refractivity contribution >= 4 is 46.6 Å². The number of amides is 3. The maximum atomic E-state index is 12.8. The van der Waals surface area contributed by atoms with E-state index in [0.29, 0.717) is 10.6 Å². The van der Waals surface area contributed by atoms with Crippen LogP contribution < -0.4 is 10.6 Å². The van der Waals surface area contributed by atoms with Crippen molar-refractivity contribution in [1.82, 2.24) is 10.2 Å². The Labute approximate surface area is 213 Å². The number of carbonyl (C=O) groups excluding carboxylic acids is 3. The lowest BCUT2D eigenvalue weighted by Crippen LogP contribution is -2.33. The number of hydrogen-bond donors (Lipinski definition) is 2. The summed E-state index contributed by atoms with van der Waals surface area (Å²) < 4.78 is 0. The molecule has 1 heterocycles. The van der Waals surface area contributed by atoms with E-state index in [0.717, 1.165) is 32.8 Å². The lowest BCUT2D eigenvalue weighted by molar-refractivity contribution is -0.138. The molecule has 0 bridgehead atoms. The fraction of sp³-hybridized carbons (Fsp3) is 0.148. The summed E-state index contributed by atoms with van der Waals surface area (Å²) in [6.45, 7) is 4.31. The Bertz CT molecular complexity index is 1330. The Kier molecular flexibility index (Phi) is 7.24. The summed E-state index contributed by atoms with van der Waals surface area (Å²) in [7, 11) is 0. The van der Waals surface area contributed by atoms with Gasteiger partial charge in [0.25, 0.3) is 17.7 Å². The van der Waals surface area contributed by atoms with Gasteiger partial charge in [-0.2, -0.15) is 0 Å². The normalized spacial score (nSPS) is 13.4. The number of anilines is 1. The number of imide groups is 1. The van der Waals surface area contributed by atoms with E-state index in [1.165, 1.54) is 0 Å². The Morgan fingerprint density at radius 3 is 2.17 bits per heavy atom. The van der Waals surface area contributed by atoms with Crippen LogP contribution >= 0.6 is 23.2 Å². The summed E-state index contributed by atoms with van der Waals surface area (Å²) in [6, 6.07) is 19.7. The van der Waals surface area contributed by atoms with Gasteiger partial charge in [0, 0.05) is 22.8 Å². The number of carbonyl (C=O) groups is 3. The van der Waals surface area contributed by atoms with Gasteiger partial charge in [-0.25, -0.2) is 0 Å². The van der Waals surface area contributed by atoms with Gasteiger partial charge in [0.15, 0.2) is 0 Å². The van der Waals surface area contributed by atoms with Crippen LogP contribution in [0.15, 0.2) is 77.5 Å². The van der Waals surface area contributed by atoms with Crippen LogP contribution in [0, 0.1) is 13.8 Å². The summed E-state index contributed by atoms with van der Waals surface area (Å²) in [4.78, 5) is 39.0. The van der Waals surface area contributed by atoms with Gasteiger partial charge in [0.05, 0.1) is 6.54 Å². The minimum Gasteiger partial charge on any atom is -0.375 e. The van der Waals surface area contributed by atoms with Crippen LogP contribution in [0.3, 0.4) is 0 Å². The molecular weight excluding hydrogens is 485 g/mol. The summed E-state index contributed by atoms with van der Waals surface area (Å²) in [5.74, 6) is -1.25. The van der Waals surface area contributed by atoms with Gasteiger partial charge >= 0.3 is 0 Å². The van der Waals surface area contributed by atoms with Crippen molar-refractivity contribution in [2.24, 2.45) is 0 Å². The first-order valence-corrected chi connectivity index (χ1v) is 11.7. The Morgan fingerprint density at radius 1 is 0.857 bits per heavy atom. The molecule has 0 radical (unpaired) electrons. The van der Waals surface area contributed by atoms with Crippen LogP contribution in [0.25, 0.3) is 0 Å². The first-order valence-electron chi connectivity index (χ1n) is 10.9. The quantitative estimate of drug-likeness (QED) is 0.424. The lowest BCUT2D eigenvalue weighted by atomic mass is 10.1. The highest BCUT2D eigenvalue weighted by atomic mass is 35.5. The number of nitrogens with one attached hydrogen (secondary N) is 2. The molecule has 1 aliphatic heterocycles. The van der Waals surface area contributed by atoms with E-state index < -0.39 is 11.8 Å². The summed E-state index contributed by atoms with van der Waals surface area (Å²) in [5.41, 5.74) is 5.03. The SMILES string of the molecule is Cc1ccc(NC(=O)c2ccc(CNC3=C(Cl)C(=O)N(Cc4ccc(Cl)cc4)C3=O)cc2)c(C)c1. The third-order valence-corrected chi connectivity index (χ3v) is 6.28. The molecule has 3 aromatic rings. The molecule has 0 atom stereocenters. The number of nitrogens with zero attached hydrogens (tertiary/aromatic N) is 1. The van der Waals surface area contributed by atoms with Crippen LogP contribution in [0.1, 0.15) is 32.6 Å². The van der Waals surface area contributed by atoms with Gasteiger partial charge in [-0.15, -0.1) is 0 Å². The van der Waals surface area contributed by atoms with E-state index >= 15 is 0 Å². The predicted molar refractivity (Wildman–Crippen MR) is 137 cm³/mol. The zero-order valence-corrected chi connectivity index (χ0v) is 20.7. The number of hydrogen-bond acceptors (Lipinski definition) is 4. The molecule has 4 rings (SSSR count). The van der Waals surface area contributed by atoms with Gasteiger partial charge < -0.3 is 10.6 Å². The molecule has 6 nitrogen and oxygen atoms in total. The fourth-order valence-corrected chi connectivity index (χ4v) is 4.10. The largest absolute Gasteiger partial charge is 0.375 e. The minimum absolute atomic E-state index is 0.0577. The molecule has 2 N–H and O–H groups in total. The second kappa shape index (κ2) is 10.3. The van der Waals surface area contributed by atoms with Crippen LogP contribution in [0.5, 0.6) is 0 Å². The van der Waals surface area contributed by atoms with E-state index in [1.54, 1.807) is 48.5 Å². The van der Waals surface area contributed by atoms with Crippen molar-refractivity contribution < 1.29 is 14.4 Å². The Balaban J connectivity index is 1.37. The minimum atomic E-state index is -0.549. The van der Waals surface area contributed by atoms with Crippen LogP contribution in [-0.4, -0.2) is 22.6 Å². The van der Waals surface area contributed by atoms with Crippen molar-refractivity contribution in [1.29, 1.82) is 0 Å². The van der Waals surface area contributed by atoms with Gasteiger partial charge in [-0.3, -0.25) is 19.3 Å². The average Bonchev–Trinajstić information content (AvgIpc) is 3.04. The molecule has 0 saturated heterocycles. The van der Waals surface area contributed by atoms with Gasteiger partial charge in [0.1, 0.15) is 10.7 Å². The fourth-order valence-electron chi connectivity index (χ4n) is 3.73. The zero-order chi connectivity index (χ0) is 25.1. The molecule has 0 fully saturated rings. The topological polar surface area (TPSA) is 78.5 Å². The molecule has 3 aromatic carbocycles. The molecule has 0 saturated carbocycles. The van der Waals surface area contributed by atoms with Gasteiger partial charge in [-0.05, 0) is 60.9 Å². The van der Waals surface area contributed by atoms with Crippen LogP contribution in [0.2, 0.25) is 5.02 Å². The second-order valence-corrected chi connectivity index (χ2v) is 9.15. The third kappa shape index (κ3) is 5.56. The third-order valence-electron chi connectivity index (χ3n) is 5.68. The highest BCUT2D eigenvalue weighted by Gasteiger charge is 2.37. The first-order chi connectivity index (χ1) is 16.7. The molecule has 8 heteroatoms. The van der Waals surface area contributed by atoms with Crippen molar-refractivity contribution in [2.75, 3.05) is 5.32 Å². The van der Waals surface area contributed by atoms with Crippen molar-refractivity contribution in [3.05, 3.63) is 110 Å². The monoisotopic (exact) mass is 507 g/mol. The standard InChI is InChI=1S/C27H23Cl2N3O3/c1-16-3-12-22(17(2)13-16)31-25(33)20-8-4-18(5-9-20)14-30-24-23(29)26(34)32(27(24)35)15-19-6-10-21(28)11-7-19/h3-13,30H,14-15H2,1-2H3,(H,31,33). The van der Waals surface area contributed by atoms with Crippen LogP contribution in [0.4, 0.5) is 5.69 Å². The number of aryl methyl sites for hydroxylation is 2. The van der Waals surface area contributed by atoms with Crippen molar-refractivity contribution in [3.8, 4) is 0 Å². The molecule has 178 valence electrons. The molecule has 3 amide bonds. The predicted octanol–water partition coefficient (Wildman–Crippen LogP) is 5.32. The van der Waals surface area contributed by atoms with E-state index in [4.69, 9.17) is 23.2 Å². The smallest absolute Gasteiger partial charge is 0.278 e. The van der Waals surface area contributed by atoms with Crippen molar-refractivity contribution in [2.45, 2.75) is 26.9 Å². The first kappa shape index (κ1) is 24.5. The highest BCUT2D eigenvalue weighted by Crippen LogP contribution is 2.25. The van der Waals surface area contributed by atoms with E-state index in [-0.39, 0.29) is 29.7 Å². The molecule has 0 unspecified atom stereocenters. The molecule has 0 spiro atoms. The molecule has 35 heavy (non-hydrogen) atoms. The Morgan fingerprint density at radius 2 is 1.51 bits per heavy atom. The average molecular weight is 508 g/mol. The summed E-state index contributed by atoms with van der Waals surface area (Å²) in [5, 5.41) is 6.31. The van der Waals surface area contributed by atoms with E-state index in [2.05, 4.69) is 10.6 Å². The lowest BCUT2D eigenvalue weighted by Gasteiger charge is -2.15. The molecule has 0 aliphatic carbocycles. The molecular formula is C27H23Cl2N3O3. The second-order valence-electron chi connectivity index (χ2n) is 8.33. The van der Waals surface area contributed by atoms with Gasteiger partial charge in [-0.1, -0.05) is 65.2 Å².